The highest BCUT2D eigenvalue weighted by Gasteiger charge is 2.24. The summed E-state index contributed by atoms with van der Waals surface area (Å²) in [6.45, 7) is 7.13. The quantitative estimate of drug-likeness (QED) is 0.205. The zero-order valence-corrected chi connectivity index (χ0v) is 25.1. The second kappa shape index (κ2) is 12.1. The van der Waals surface area contributed by atoms with Crippen molar-refractivity contribution in [1.82, 2.24) is 9.55 Å². The van der Waals surface area contributed by atoms with Gasteiger partial charge in [-0.25, -0.2) is 9.78 Å². The number of hydrogen-bond acceptors (Lipinski definition) is 8. The van der Waals surface area contributed by atoms with Crippen molar-refractivity contribution in [3.8, 4) is 11.1 Å². The molecule has 214 valence electrons. The van der Waals surface area contributed by atoms with E-state index in [1.54, 1.807) is 19.2 Å². The number of esters is 1. The lowest BCUT2D eigenvalue weighted by Gasteiger charge is -2.10. The second-order valence-electron chi connectivity index (χ2n) is 9.67. The zero-order valence-electron chi connectivity index (χ0n) is 23.4. The number of nitrogens with one attached hydrogen (secondary N) is 2. The lowest BCUT2D eigenvalue weighted by molar-refractivity contribution is -0.116. The van der Waals surface area contributed by atoms with Crippen LogP contribution in [0.5, 0.6) is 0 Å². The van der Waals surface area contributed by atoms with Gasteiger partial charge < -0.3 is 15.4 Å². The summed E-state index contributed by atoms with van der Waals surface area (Å²) in [6, 6.07) is 15.1. The van der Waals surface area contributed by atoms with Crippen LogP contribution in [-0.4, -0.2) is 33.9 Å². The molecule has 5 rings (SSSR count). The monoisotopic (exact) mass is 600 g/mol. The van der Waals surface area contributed by atoms with Crippen LogP contribution in [0.2, 0.25) is 0 Å². The highest BCUT2D eigenvalue weighted by Crippen LogP contribution is 2.36. The van der Waals surface area contributed by atoms with Crippen LogP contribution in [0.15, 0.2) is 65.0 Å². The number of nitrogens with zero attached hydrogens (tertiary/aromatic N) is 2. The summed E-state index contributed by atoms with van der Waals surface area (Å²) in [6.07, 6.45) is 1.29. The fourth-order valence-electron chi connectivity index (χ4n) is 4.50. The van der Waals surface area contributed by atoms with Gasteiger partial charge in [-0.2, -0.15) is 0 Å². The van der Waals surface area contributed by atoms with Gasteiger partial charge in [0.05, 0.1) is 23.2 Å². The number of para-hydroxylation sites is 1. The van der Waals surface area contributed by atoms with Crippen LogP contribution in [0.3, 0.4) is 0 Å². The number of fused-ring (bicyclic) bond motifs is 1. The number of anilines is 2. The number of aromatic nitrogens is 2. The Balaban J connectivity index is 1.40. The number of benzene rings is 2. The largest absolute Gasteiger partial charge is 0.462 e. The third-order valence-corrected chi connectivity index (χ3v) is 8.81. The van der Waals surface area contributed by atoms with E-state index < -0.39 is 17.4 Å². The van der Waals surface area contributed by atoms with Crippen molar-refractivity contribution in [1.29, 1.82) is 0 Å². The first-order chi connectivity index (χ1) is 20.2. The predicted molar refractivity (Wildman–Crippen MR) is 167 cm³/mol. The lowest BCUT2D eigenvalue weighted by Crippen LogP contribution is -2.28. The van der Waals surface area contributed by atoms with Crippen LogP contribution >= 0.6 is 22.7 Å². The zero-order chi connectivity index (χ0) is 30.0. The number of carbonyl (C=O) groups excluding carboxylic acids is 3. The average Bonchev–Trinajstić information content (AvgIpc) is 3.53. The maximum absolute atomic E-state index is 13.4. The Labute approximate surface area is 249 Å². The molecule has 3 aromatic heterocycles. The first kappa shape index (κ1) is 28.9. The van der Waals surface area contributed by atoms with Crippen LogP contribution in [0.25, 0.3) is 21.3 Å². The van der Waals surface area contributed by atoms with Crippen LogP contribution in [-0.2, 0) is 16.1 Å². The summed E-state index contributed by atoms with van der Waals surface area (Å²) in [5.74, 6) is -1.39. The van der Waals surface area contributed by atoms with Gasteiger partial charge in [-0.1, -0.05) is 48.0 Å². The minimum Gasteiger partial charge on any atom is -0.462 e. The number of thiophene rings is 2. The van der Waals surface area contributed by atoms with E-state index >= 15 is 0 Å². The second-order valence-corrected chi connectivity index (χ2v) is 11.5. The van der Waals surface area contributed by atoms with Crippen molar-refractivity contribution in [3.05, 3.63) is 97.7 Å². The summed E-state index contributed by atoms with van der Waals surface area (Å²) in [5, 5.41) is 8.09. The van der Waals surface area contributed by atoms with E-state index in [0.717, 1.165) is 28.0 Å². The third-order valence-electron chi connectivity index (χ3n) is 6.72. The number of rotatable bonds is 8. The van der Waals surface area contributed by atoms with Gasteiger partial charge in [0, 0.05) is 16.6 Å². The molecule has 9 nitrogen and oxygen atoms in total. The van der Waals surface area contributed by atoms with Crippen LogP contribution in [0, 0.1) is 20.8 Å². The molecule has 2 aromatic carbocycles. The highest BCUT2D eigenvalue weighted by atomic mass is 32.1. The van der Waals surface area contributed by atoms with Gasteiger partial charge in [-0.3, -0.25) is 19.0 Å². The SMILES string of the molecule is CCOC(=O)c1c(-c2ccc(C)cc2)csc1NC(=O)Cn1cnc2sc(C(=O)Nc3ccccc3C)c(C)c2c1=O. The molecule has 0 unspecified atom stereocenters. The Kier molecular flexibility index (Phi) is 8.32. The van der Waals surface area contributed by atoms with Gasteiger partial charge in [0.15, 0.2) is 0 Å². The van der Waals surface area contributed by atoms with E-state index in [-0.39, 0.29) is 30.0 Å². The van der Waals surface area contributed by atoms with Gasteiger partial charge in [0.2, 0.25) is 5.91 Å². The molecule has 0 bridgehead atoms. The van der Waals surface area contributed by atoms with Crippen molar-refractivity contribution in [2.24, 2.45) is 0 Å². The Morgan fingerprint density at radius 1 is 1.00 bits per heavy atom. The molecule has 0 saturated carbocycles. The van der Waals surface area contributed by atoms with Gasteiger partial charge in [0.1, 0.15) is 21.9 Å². The summed E-state index contributed by atoms with van der Waals surface area (Å²) in [7, 11) is 0. The van der Waals surface area contributed by atoms with Gasteiger partial charge in [0.25, 0.3) is 11.5 Å². The van der Waals surface area contributed by atoms with E-state index in [4.69, 9.17) is 4.74 Å². The van der Waals surface area contributed by atoms with Crippen molar-refractivity contribution in [2.75, 3.05) is 17.2 Å². The molecule has 42 heavy (non-hydrogen) atoms. The van der Waals surface area contributed by atoms with Crippen LogP contribution < -0.4 is 16.2 Å². The minimum absolute atomic E-state index is 0.182. The number of ether oxygens (including phenoxy) is 1. The molecule has 0 aliphatic heterocycles. The summed E-state index contributed by atoms with van der Waals surface area (Å²) in [5.41, 5.74) is 4.48. The number of hydrogen-bond donors (Lipinski definition) is 2. The number of carbonyl (C=O) groups is 3. The Hall–Kier alpha value is -4.61. The maximum atomic E-state index is 13.4. The number of aryl methyl sites for hydroxylation is 3. The maximum Gasteiger partial charge on any atom is 0.341 e. The van der Waals surface area contributed by atoms with Crippen molar-refractivity contribution in [3.63, 3.8) is 0 Å². The first-order valence-corrected chi connectivity index (χ1v) is 14.9. The molecular formula is C31H28N4O5S2. The molecule has 0 saturated heterocycles. The van der Waals surface area contributed by atoms with E-state index in [2.05, 4.69) is 15.6 Å². The molecule has 0 radical (unpaired) electrons. The summed E-state index contributed by atoms with van der Waals surface area (Å²) < 4.78 is 6.47. The Bertz CT molecular complexity index is 1890. The lowest BCUT2D eigenvalue weighted by atomic mass is 10.0. The van der Waals surface area contributed by atoms with E-state index in [9.17, 15) is 19.2 Å². The van der Waals surface area contributed by atoms with Crippen LogP contribution in [0.1, 0.15) is 43.6 Å². The molecule has 3 heterocycles. The molecule has 2 amide bonds. The molecule has 2 N–H and O–H groups in total. The average molecular weight is 601 g/mol. The normalized spacial score (nSPS) is 11.0. The third kappa shape index (κ3) is 5.74. The molecular weight excluding hydrogens is 572 g/mol. The molecule has 0 spiro atoms. The van der Waals surface area contributed by atoms with Crippen molar-refractivity contribution < 1.29 is 19.1 Å². The fraction of sp³-hybridized carbons (Fsp3) is 0.194. The topological polar surface area (TPSA) is 119 Å². The molecule has 0 aliphatic carbocycles. The Morgan fingerprint density at radius 3 is 2.45 bits per heavy atom. The molecule has 0 aliphatic rings. The standard InChI is InChI=1S/C31H28N4O5S2/c1-5-40-31(39)25-21(20-12-10-17(2)11-13-20)15-41-29(25)34-23(36)14-35-16-32-28-24(30(35)38)19(4)26(42-28)27(37)33-22-9-7-6-8-18(22)3/h6-13,15-16H,5,14H2,1-4H3,(H,33,37)(H,34,36). The van der Waals surface area contributed by atoms with E-state index in [1.807, 2.05) is 62.4 Å². The summed E-state index contributed by atoms with van der Waals surface area (Å²) in [4.78, 5) is 57.6. The number of amides is 2. The molecule has 5 aromatic rings. The smallest absolute Gasteiger partial charge is 0.341 e. The van der Waals surface area contributed by atoms with E-state index in [1.165, 1.54) is 22.2 Å². The molecule has 0 atom stereocenters. The van der Waals surface area contributed by atoms with Gasteiger partial charge in [-0.15, -0.1) is 22.7 Å². The van der Waals surface area contributed by atoms with E-state index in [0.29, 0.717) is 31.5 Å². The van der Waals surface area contributed by atoms with Gasteiger partial charge >= 0.3 is 5.97 Å². The molecule has 11 heteroatoms. The first-order valence-electron chi connectivity index (χ1n) is 13.2. The summed E-state index contributed by atoms with van der Waals surface area (Å²) >= 11 is 2.33. The van der Waals surface area contributed by atoms with Gasteiger partial charge in [-0.05, 0) is 50.5 Å². The molecule has 0 fully saturated rings. The van der Waals surface area contributed by atoms with Crippen molar-refractivity contribution in [2.45, 2.75) is 34.2 Å². The van der Waals surface area contributed by atoms with Crippen molar-refractivity contribution >= 4 is 61.4 Å². The highest BCUT2D eigenvalue weighted by molar-refractivity contribution is 7.20. The Morgan fingerprint density at radius 2 is 1.74 bits per heavy atom. The predicted octanol–water partition coefficient (Wildman–Crippen LogP) is 6.18. The minimum atomic E-state index is -0.546. The fourth-order valence-corrected chi connectivity index (χ4v) is 6.51. The van der Waals surface area contributed by atoms with Crippen LogP contribution in [0.4, 0.5) is 10.7 Å².